The Morgan fingerprint density at radius 1 is 1.28 bits per heavy atom. The molecular formula is C14H27N3O. The van der Waals surface area contributed by atoms with Crippen molar-refractivity contribution in [1.29, 1.82) is 0 Å². The minimum atomic E-state index is 0.414. The van der Waals surface area contributed by atoms with E-state index in [-0.39, 0.29) is 0 Å². The number of rotatable bonds is 3. The summed E-state index contributed by atoms with van der Waals surface area (Å²) in [4.78, 5) is 6.73. The monoisotopic (exact) mass is 253 g/mol. The highest BCUT2D eigenvalue weighted by Crippen LogP contribution is 2.17. The van der Waals surface area contributed by atoms with E-state index in [9.17, 15) is 0 Å². The lowest BCUT2D eigenvalue weighted by Crippen LogP contribution is -2.42. The molecule has 0 aliphatic carbocycles. The fraction of sp³-hybridized carbons (Fsp3) is 0.929. The summed E-state index contributed by atoms with van der Waals surface area (Å²) in [6, 6.07) is 0. The molecule has 18 heavy (non-hydrogen) atoms. The van der Waals surface area contributed by atoms with Gasteiger partial charge >= 0.3 is 0 Å². The third-order valence-electron chi connectivity index (χ3n) is 4.11. The van der Waals surface area contributed by atoms with Gasteiger partial charge in [-0.3, -0.25) is 4.99 Å². The third-order valence-corrected chi connectivity index (χ3v) is 4.11. The number of hydrogen-bond donors (Lipinski definition) is 1. The third kappa shape index (κ3) is 4.16. The molecule has 2 N–H and O–H groups in total. The normalized spacial score (nSPS) is 27.5. The molecule has 0 aromatic heterocycles. The van der Waals surface area contributed by atoms with Gasteiger partial charge in [-0.05, 0) is 44.4 Å². The number of likely N-dealkylation sites (tertiary alicyclic amines) is 1. The predicted molar refractivity (Wildman–Crippen MR) is 74.7 cm³/mol. The Morgan fingerprint density at radius 3 is 2.72 bits per heavy atom. The van der Waals surface area contributed by atoms with E-state index in [4.69, 9.17) is 10.5 Å². The second-order valence-electron chi connectivity index (χ2n) is 5.69. The van der Waals surface area contributed by atoms with Crippen molar-refractivity contribution in [2.24, 2.45) is 16.6 Å². The van der Waals surface area contributed by atoms with Gasteiger partial charge in [0.1, 0.15) is 0 Å². The molecule has 4 heteroatoms. The van der Waals surface area contributed by atoms with Gasteiger partial charge in [-0.15, -0.1) is 0 Å². The molecule has 0 spiro atoms. The van der Waals surface area contributed by atoms with Crippen LogP contribution in [0.3, 0.4) is 0 Å². The summed E-state index contributed by atoms with van der Waals surface area (Å²) in [5, 5.41) is 0. The topological polar surface area (TPSA) is 50.8 Å². The second-order valence-corrected chi connectivity index (χ2v) is 5.69. The summed E-state index contributed by atoms with van der Waals surface area (Å²) in [5.41, 5.74) is 6.04. The molecule has 1 unspecified atom stereocenters. The molecule has 0 bridgehead atoms. The highest BCUT2D eigenvalue weighted by atomic mass is 16.5. The molecule has 2 heterocycles. The minimum absolute atomic E-state index is 0.414. The molecule has 2 saturated heterocycles. The van der Waals surface area contributed by atoms with Crippen LogP contribution >= 0.6 is 0 Å². The highest BCUT2D eigenvalue weighted by molar-refractivity contribution is 5.78. The van der Waals surface area contributed by atoms with Gasteiger partial charge in [-0.25, -0.2) is 0 Å². The van der Waals surface area contributed by atoms with Crippen molar-refractivity contribution in [3.05, 3.63) is 0 Å². The SMILES string of the molecule is CC1CCN(C(N)=NCCC2CCCCO2)CC1. The predicted octanol–water partition coefficient (Wildman–Crippen LogP) is 1.99. The van der Waals surface area contributed by atoms with Gasteiger partial charge in [0.15, 0.2) is 5.96 Å². The van der Waals surface area contributed by atoms with Crippen LogP contribution in [-0.2, 0) is 4.74 Å². The molecule has 104 valence electrons. The van der Waals surface area contributed by atoms with E-state index in [0.29, 0.717) is 6.10 Å². The van der Waals surface area contributed by atoms with Crippen molar-refractivity contribution >= 4 is 5.96 Å². The van der Waals surface area contributed by atoms with Gasteiger partial charge in [-0.2, -0.15) is 0 Å². The van der Waals surface area contributed by atoms with Gasteiger partial charge < -0.3 is 15.4 Å². The molecule has 0 radical (unpaired) electrons. The number of hydrogen-bond acceptors (Lipinski definition) is 2. The van der Waals surface area contributed by atoms with E-state index in [2.05, 4.69) is 16.8 Å². The maximum absolute atomic E-state index is 6.04. The lowest BCUT2D eigenvalue weighted by Gasteiger charge is -2.31. The zero-order chi connectivity index (χ0) is 12.8. The Hall–Kier alpha value is -0.770. The van der Waals surface area contributed by atoms with Crippen molar-refractivity contribution in [3.63, 3.8) is 0 Å². The molecule has 0 aromatic rings. The average Bonchev–Trinajstić information content (AvgIpc) is 2.40. The molecule has 2 rings (SSSR count). The van der Waals surface area contributed by atoms with E-state index in [1.807, 2.05) is 0 Å². The van der Waals surface area contributed by atoms with Crippen LogP contribution in [0.25, 0.3) is 0 Å². The van der Waals surface area contributed by atoms with Crippen LogP contribution in [-0.4, -0.2) is 43.2 Å². The smallest absolute Gasteiger partial charge is 0.191 e. The van der Waals surface area contributed by atoms with Gasteiger partial charge in [0.05, 0.1) is 6.10 Å². The fourth-order valence-corrected chi connectivity index (χ4v) is 2.70. The van der Waals surface area contributed by atoms with Crippen LogP contribution in [0.4, 0.5) is 0 Å². The highest BCUT2D eigenvalue weighted by Gasteiger charge is 2.17. The largest absolute Gasteiger partial charge is 0.378 e. The second kappa shape index (κ2) is 6.98. The molecule has 0 aromatic carbocycles. The van der Waals surface area contributed by atoms with Crippen LogP contribution in [0.2, 0.25) is 0 Å². The van der Waals surface area contributed by atoms with Crippen LogP contribution in [0.5, 0.6) is 0 Å². The maximum Gasteiger partial charge on any atom is 0.191 e. The van der Waals surface area contributed by atoms with Gasteiger partial charge in [0.2, 0.25) is 0 Å². The molecule has 1 atom stereocenters. The molecule has 2 aliphatic rings. The summed E-state index contributed by atoms with van der Waals surface area (Å²) < 4.78 is 5.70. The lowest BCUT2D eigenvalue weighted by molar-refractivity contribution is 0.0129. The summed E-state index contributed by atoms with van der Waals surface area (Å²) in [5.74, 6) is 1.57. The molecule has 0 amide bonds. The lowest BCUT2D eigenvalue weighted by atomic mass is 10.00. The number of ether oxygens (including phenoxy) is 1. The van der Waals surface area contributed by atoms with Gasteiger partial charge in [0, 0.05) is 26.2 Å². The summed E-state index contributed by atoms with van der Waals surface area (Å²) in [7, 11) is 0. The Bertz CT molecular complexity index is 266. The summed E-state index contributed by atoms with van der Waals surface area (Å²) in [6.07, 6.45) is 7.62. The Morgan fingerprint density at radius 2 is 2.06 bits per heavy atom. The maximum atomic E-state index is 6.04. The van der Waals surface area contributed by atoms with Crippen LogP contribution in [0.15, 0.2) is 4.99 Å². The first-order valence-corrected chi connectivity index (χ1v) is 7.42. The van der Waals surface area contributed by atoms with Crippen molar-refractivity contribution in [1.82, 2.24) is 4.90 Å². The Labute approximate surface area is 111 Å². The zero-order valence-electron chi connectivity index (χ0n) is 11.6. The van der Waals surface area contributed by atoms with E-state index in [1.54, 1.807) is 0 Å². The first-order valence-electron chi connectivity index (χ1n) is 7.42. The van der Waals surface area contributed by atoms with Crippen LogP contribution < -0.4 is 5.73 Å². The van der Waals surface area contributed by atoms with E-state index in [0.717, 1.165) is 44.5 Å². The summed E-state index contributed by atoms with van der Waals surface area (Å²) in [6.45, 7) is 6.17. The standard InChI is InChI=1S/C14H27N3O/c1-12-6-9-17(10-7-12)14(15)16-8-5-13-4-2-3-11-18-13/h12-13H,2-11H2,1H3,(H2,15,16). The van der Waals surface area contributed by atoms with Gasteiger partial charge in [0.25, 0.3) is 0 Å². The quantitative estimate of drug-likeness (QED) is 0.618. The molecule has 2 aliphatic heterocycles. The molecule has 2 fully saturated rings. The first-order chi connectivity index (χ1) is 8.75. The van der Waals surface area contributed by atoms with Crippen molar-refractivity contribution in [2.45, 2.75) is 51.6 Å². The number of guanidine groups is 1. The number of piperidine rings is 1. The van der Waals surface area contributed by atoms with E-state index < -0.39 is 0 Å². The number of nitrogens with two attached hydrogens (primary N) is 1. The molecule has 4 nitrogen and oxygen atoms in total. The van der Waals surface area contributed by atoms with Crippen molar-refractivity contribution < 1.29 is 4.74 Å². The Kier molecular flexibility index (Phi) is 5.29. The fourth-order valence-electron chi connectivity index (χ4n) is 2.70. The zero-order valence-corrected chi connectivity index (χ0v) is 11.6. The number of aliphatic imine (C=N–C) groups is 1. The van der Waals surface area contributed by atoms with E-state index >= 15 is 0 Å². The van der Waals surface area contributed by atoms with Crippen molar-refractivity contribution in [3.8, 4) is 0 Å². The first kappa shape index (κ1) is 13.7. The summed E-state index contributed by atoms with van der Waals surface area (Å²) >= 11 is 0. The van der Waals surface area contributed by atoms with Crippen molar-refractivity contribution in [2.75, 3.05) is 26.2 Å². The molecular weight excluding hydrogens is 226 g/mol. The number of nitrogens with zero attached hydrogens (tertiary/aromatic N) is 2. The Balaban J connectivity index is 1.68. The van der Waals surface area contributed by atoms with Crippen LogP contribution in [0, 0.1) is 5.92 Å². The average molecular weight is 253 g/mol. The van der Waals surface area contributed by atoms with E-state index in [1.165, 1.54) is 32.1 Å². The van der Waals surface area contributed by atoms with Gasteiger partial charge in [-0.1, -0.05) is 6.92 Å². The minimum Gasteiger partial charge on any atom is -0.378 e. The molecule has 0 saturated carbocycles. The van der Waals surface area contributed by atoms with Crippen LogP contribution in [0.1, 0.15) is 45.4 Å².